The van der Waals surface area contributed by atoms with Gasteiger partial charge in [-0.25, -0.2) is 0 Å². The summed E-state index contributed by atoms with van der Waals surface area (Å²) in [4.78, 5) is 24.8. The van der Waals surface area contributed by atoms with Gasteiger partial charge >= 0.3 is 5.97 Å². The molecule has 2 aliphatic rings. The molecule has 0 radical (unpaired) electrons. The average molecular weight is 304 g/mol. The number of carbonyl (C=O) groups is 2. The second-order valence-corrected chi connectivity index (χ2v) is 7.40. The summed E-state index contributed by atoms with van der Waals surface area (Å²) >= 11 is 1.83. The molecule has 4 heteroatoms. The highest BCUT2D eigenvalue weighted by Crippen LogP contribution is 2.43. The van der Waals surface area contributed by atoms with Crippen molar-refractivity contribution in [3.05, 3.63) is 29.3 Å². The Morgan fingerprint density at radius 2 is 2.10 bits per heavy atom. The van der Waals surface area contributed by atoms with Crippen LogP contribution in [0.5, 0.6) is 0 Å². The van der Waals surface area contributed by atoms with E-state index in [2.05, 4.69) is 0 Å². The van der Waals surface area contributed by atoms with Crippen molar-refractivity contribution in [2.24, 2.45) is 5.92 Å². The van der Waals surface area contributed by atoms with Gasteiger partial charge in [0, 0.05) is 22.5 Å². The van der Waals surface area contributed by atoms with E-state index < -0.39 is 11.9 Å². The summed E-state index contributed by atoms with van der Waals surface area (Å²) in [5.41, 5.74) is 1.81. The summed E-state index contributed by atoms with van der Waals surface area (Å²) < 4.78 is 0. The highest BCUT2D eigenvalue weighted by molar-refractivity contribution is 8.00. The average Bonchev–Trinajstić information content (AvgIpc) is 2.61. The van der Waals surface area contributed by atoms with Crippen LogP contribution in [-0.2, 0) is 16.0 Å². The first-order valence-electron chi connectivity index (χ1n) is 7.61. The van der Waals surface area contributed by atoms with Gasteiger partial charge in [-0.3, -0.25) is 9.59 Å². The van der Waals surface area contributed by atoms with Crippen molar-refractivity contribution >= 4 is 23.5 Å². The lowest BCUT2D eigenvalue weighted by atomic mass is 9.83. The minimum absolute atomic E-state index is 0.191. The molecule has 3 atom stereocenters. The van der Waals surface area contributed by atoms with Crippen LogP contribution < -0.4 is 0 Å². The Morgan fingerprint density at radius 1 is 1.33 bits per heavy atom. The van der Waals surface area contributed by atoms with Crippen molar-refractivity contribution < 1.29 is 14.7 Å². The molecule has 1 fully saturated rings. The smallest absolute Gasteiger partial charge is 0.310 e. The number of hydrogen-bond donors (Lipinski definition) is 1. The summed E-state index contributed by atoms with van der Waals surface area (Å²) in [6.07, 6.45) is 4.97. The number of hydrogen-bond acceptors (Lipinski definition) is 3. The van der Waals surface area contributed by atoms with Crippen molar-refractivity contribution in [1.29, 1.82) is 0 Å². The van der Waals surface area contributed by atoms with Gasteiger partial charge in [-0.1, -0.05) is 25.0 Å². The van der Waals surface area contributed by atoms with Gasteiger partial charge in [-0.2, -0.15) is 0 Å². The van der Waals surface area contributed by atoms with Crippen LogP contribution in [-0.4, -0.2) is 22.1 Å². The maximum absolute atomic E-state index is 12.5. The zero-order chi connectivity index (χ0) is 15.0. The van der Waals surface area contributed by atoms with Crippen LogP contribution in [0.2, 0.25) is 0 Å². The van der Waals surface area contributed by atoms with Crippen LogP contribution in [0.4, 0.5) is 0 Å². The van der Waals surface area contributed by atoms with Gasteiger partial charge in [0.2, 0.25) is 0 Å². The van der Waals surface area contributed by atoms with E-state index in [1.807, 2.05) is 30.0 Å². The van der Waals surface area contributed by atoms with E-state index in [1.165, 1.54) is 11.3 Å². The standard InChI is InChI=1S/C17H20O3S/c1-10(17(19)20)11-6-7-15-12(8-11)9-14(18)13-4-2-3-5-16(13)21-15/h6-8,10,13,16H,2-5,9H2,1H3,(H,19,20). The quantitative estimate of drug-likeness (QED) is 0.906. The summed E-state index contributed by atoms with van der Waals surface area (Å²) in [5.74, 6) is -0.820. The van der Waals surface area contributed by atoms with Gasteiger partial charge in [0.05, 0.1) is 5.92 Å². The van der Waals surface area contributed by atoms with Crippen molar-refractivity contribution in [2.45, 2.75) is 55.1 Å². The topological polar surface area (TPSA) is 54.4 Å². The van der Waals surface area contributed by atoms with Crippen LogP contribution >= 0.6 is 11.8 Å². The first-order chi connectivity index (χ1) is 10.1. The van der Waals surface area contributed by atoms with Gasteiger partial charge in [0.25, 0.3) is 0 Å². The number of aliphatic carboxylic acids is 1. The Hall–Kier alpha value is -1.29. The van der Waals surface area contributed by atoms with Crippen molar-refractivity contribution in [2.75, 3.05) is 0 Å². The molecule has 1 aromatic rings. The molecule has 1 heterocycles. The Morgan fingerprint density at radius 3 is 2.86 bits per heavy atom. The number of rotatable bonds is 2. The molecule has 1 saturated carbocycles. The molecular formula is C17H20O3S. The number of thioether (sulfide) groups is 1. The van der Waals surface area contributed by atoms with Gasteiger partial charge in [-0.05, 0) is 37.0 Å². The number of carboxylic acid groups (broad SMARTS) is 1. The van der Waals surface area contributed by atoms with E-state index in [0.717, 1.165) is 30.4 Å². The van der Waals surface area contributed by atoms with E-state index in [9.17, 15) is 9.59 Å². The lowest BCUT2D eigenvalue weighted by Gasteiger charge is -2.27. The van der Waals surface area contributed by atoms with Crippen LogP contribution in [0.15, 0.2) is 23.1 Å². The van der Waals surface area contributed by atoms with Crippen LogP contribution in [0, 0.1) is 5.92 Å². The molecule has 21 heavy (non-hydrogen) atoms. The van der Waals surface area contributed by atoms with E-state index in [1.54, 1.807) is 6.92 Å². The molecule has 112 valence electrons. The monoisotopic (exact) mass is 304 g/mol. The molecule has 1 aliphatic carbocycles. The third-order valence-electron chi connectivity index (χ3n) is 4.71. The zero-order valence-electron chi connectivity index (χ0n) is 12.2. The summed E-state index contributed by atoms with van der Waals surface area (Å²) in [5, 5.41) is 9.56. The second kappa shape index (κ2) is 5.84. The molecule has 3 rings (SSSR count). The van der Waals surface area contributed by atoms with E-state index in [0.29, 0.717) is 17.5 Å². The van der Waals surface area contributed by atoms with Crippen LogP contribution in [0.3, 0.4) is 0 Å². The fraction of sp³-hybridized carbons (Fsp3) is 0.529. The SMILES string of the molecule is CC(C(=O)O)c1ccc2c(c1)CC(=O)C1CCCCC1S2. The highest BCUT2D eigenvalue weighted by Gasteiger charge is 2.34. The fourth-order valence-electron chi connectivity index (χ4n) is 3.35. The molecule has 3 unspecified atom stereocenters. The molecule has 0 spiro atoms. The van der Waals surface area contributed by atoms with Gasteiger partial charge in [-0.15, -0.1) is 11.8 Å². The molecule has 3 nitrogen and oxygen atoms in total. The maximum Gasteiger partial charge on any atom is 0.310 e. The number of carboxylic acids is 1. The predicted octanol–water partition coefficient (Wildman–Crippen LogP) is 3.65. The first-order valence-corrected chi connectivity index (χ1v) is 8.49. The zero-order valence-corrected chi connectivity index (χ0v) is 13.0. The van der Waals surface area contributed by atoms with Crippen molar-refractivity contribution in [3.8, 4) is 0 Å². The molecule has 0 amide bonds. The predicted molar refractivity (Wildman–Crippen MR) is 82.8 cm³/mol. The van der Waals surface area contributed by atoms with Crippen LogP contribution in [0.1, 0.15) is 49.7 Å². The van der Waals surface area contributed by atoms with Gasteiger partial charge < -0.3 is 5.11 Å². The summed E-state index contributed by atoms with van der Waals surface area (Å²) in [7, 11) is 0. The molecule has 1 aliphatic heterocycles. The minimum atomic E-state index is -0.823. The largest absolute Gasteiger partial charge is 0.481 e. The lowest BCUT2D eigenvalue weighted by Crippen LogP contribution is -2.28. The highest BCUT2D eigenvalue weighted by atomic mass is 32.2. The number of ketones is 1. The molecule has 0 bridgehead atoms. The number of benzene rings is 1. The Balaban J connectivity index is 1.93. The number of fused-ring (bicyclic) bond motifs is 2. The van der Waals surface area contributed by atoms with E-state index in [4.69, 9.17) is 5.11 Å². The van der Waals surface area contributed by atoms with Crippen molar-refractivity contribution in [3.63, 3.8) is 0 Å². The maximum atomic E-state index is 12.5. The Labute approximate surface area is 129 Å². The molecular weight excluding hydrogens is 284 g/mol. The Kier molecular flexibility index (Phi) is 4.07. The number of Topliss-reactive ketones (excluding diaryl/α,β-unsaturated/α-hetero) is 1. The number of carbonyl (C=O) groups excluding carboxylic acids is 1. The van der Waals surface area contributed by atoms with Gasteiger partial charge in [0.1, 0.15) is 5.78 Å². The van der Waals surface area contributed by atoms with Gasteiger partial charge in [0.15, 0.2) is 0 Å². The van der Waals surface area contributed by atoms with E-state index in [-0.39, 0.29) is 5.92 Å². The fourth-order valence-corrected chi connectivity index (χ4v) is 4.84. The summed E-state index contributed by atoms with van der Waals surface area (Å²) in [6.45, 7) is 1.69. The molecule has 1 N–H and O–H groups in total. The second-order valence-electron chi connectivity index (χ2n) is 6.12. The summed E-state index contributed by atoms with van der Waals surface area (Å²) in [6, 6.07) is 5.84. The Bertz CT molecular complexity index is 581. The van der Waals surface area contributed by atoms with Crippen molar-refractivity contribution in [1.82, 2.24) is 0 Å². The third kappa shape index (κ3) is 2.86. The normalized spacial score (nSPS) is 26.4. The van der Waals surface area contributed by atoms with E-state index >= 15 is 0 Å². The molecule has 1 aromatic carbocycles. The molecule has 0 saturated heterocycles. The minimum Gasteiger partial charge on any atom is -0.481 e. The molecule has 0 aromatic heterocycles. The lowest BCUT2D eigenvalue weighted by molar-refractivity contribution is -0.138. The first kappa shape index (κ1) is 14.6. The third-order valence-corrected chi connectivity index (χ3v) is 6.23. The van der Waals surface area contributed by atoms with Crippen LogP contribution in [0.25, 0.3) is 0 Å².